The van der Waals surface area contributed by atoms with Crippen molar-refractivity contribution in [1.82, 2.24) is 14.9 Å². The first kappa shape index (κ1) is 19.4. The number of aliphatic hydroxyl groups is 1. The van der Waals surface area contributed by atoms with Crippen molar-refractivity contribution in [1.29, 1.82) is 0 Å². The minimum atomic E-state index is -0.375. The van der Waals surface area contributed by atoms with Crippen molar-refractivity contribution in [3.8, 4) is 11.6 Å². The van der Waals surface area contributed by atoms with E-state index in [2.05, 4.69) is 9.88 Å². The van der Waals surface area contributed by atoms with E-state index < -0.39 is 0 Å². The number of amides is 1. The van der Waals surface area contributed by atoms with Crippen LogP contribution >= 0.6 is 0 Å². The quantitative estimate of drug-likeness (QED) is 0.824. The summed E-state index contributed by atoms with van der Waals surface area (Å²) in [4.78, 5) is 25.2. The van der Waals surface area contributed by atoms with Crippen LogP contribution in [0.2, 0.25) is 0 Å². The molecule has 0 bridgehead atoms. The lowest BCUT2D eigenvalue weighted by Gasteiger charge is -2.34. The molecule has 8 heteroatoms. The summed E-state index contributed by atoms with van der Waals surface area (Å²) in [5.74, 6) is 2.11. The summed E-state index contributed by atoms with van der Waals surface area (Å²) in [6.07, 6.45) is 3.54. The highest BCUT2D eigenvalue weighted by Gasteiger charge is 2.36. The molecule has 1 unspecified atom stereocenters. The van der Waals surface area contributed by atoms with Crippen LogP contribution in [0.25, 0.3) is 0 Å². The topological polar surface area (TPSA) is 88.0 Å². The van der Waals surface area contributed by atoms with Crippen molar-refractivity contribution in [2.45, 2.75) is 31.9 Å². The molecule has 2 aromatic rings. The van der Waals surface area contributed by atoms with Gasteiger partial charge in [-0.2, -0.15) is 0 Å². The molecule has 4 rings (SSSR count). The summed E-state index contributed by atoms with van der Waals surface area (Å²) in [5, 5.41) is 9.70. The Morgan fingerprint density at radius 1 is 1.28 bits per heavy atom. The van der Waals surface area contributed by atoms with Crippen LogP contribution in [-0.2, 0) is 0 Å². The number of hydrogen-bond acceptors (Lipinski definition) is 7. The van der Waals surface area contributed by atoms with Gasteiger partial charge in [0.25, 0.3) is 5.91 Å². The number of ether oxygens (including phenoxy) is 2. The molecule has 154 valence electrons. The maximum Gasteiger partial charge on any atom is 0.256 e. The lowest BCUT2D eigenvalue weighted by molar-refractivity contribution is 0.0715. The molecule has 29 heavy (non-hydrogen) atoms. The Labute approximate surface area is 170 Å². The number of carbonyl (C=O) groups is 1. The molecular formula is C21H26N4O4. The number of likely N-dealkylation sites (N-methyl/N-ethyl adjacent to an activating group) is 1. The number of aliphatic hydroxyl groups excluding tert-OH is 1. The van der Waals surface area contributed by atoms with Crippen LogP contribution in [0.1, 0.15) is 40.5 Å². The Morgan fingerprint density at radius 3 is 2.66 bits per heavy atom. The van der Waals surface area contributed by atoms with E-state index in [0.29, 0.717) is 17.1 Å². The molecule has 2 aliphatic heterocycles. The second-order valence-corrected chi connectivity index (χ2v) is 7.52. The van der Waals surface area contributed by atoms with Crippen LogP contribution in [0.4, 0.5) is 5.82 Å². The summed E-state index contributed by atoms with van der Waals surface area (Å²) >= 11 is 0. The SMILES string of the molecule is COc1ccc(OC2CCN(c3nc4c(cc3C)C(=O)N(C)C4CO)CC2)cn1. The van der Waals surface area contributed by atoms with Crippen LogP contribution in [-0.4, -0.2) is 65.8 Å². The average Bonchev–Trinajstić information content (AvgIpc) is 2.98. The minimum Gasteiger partial charge on any atom is -0.489 e. The first-order valence-electron chi connectivity index (χ1n) is 9.83. The normalized spacial score (nSPS) is 19.4. The minimum absolute atomic E-state index is 0.0820. The van der Waals surface area contributed by atoms with Crippen LogP contribution < -0.4 is 14.4 Å². The lowest BCUT2D eigenvalue weighted by atomic mass is 10.1. The number of piperidine rings is 1. The highest BCUT2D eigenvalue weighted by molar-refractivity contribution is 5.99. The van der Waals surface area contributed by atoms with Crippen LogP contribution in [0.5, 0.6) is 11.6 Å². The number of pyridine rings is 2. The third kappa shape index (κ3) is 3.60. The molecule has 8 nitrogen and oxygen atoms in total. The van der Waals surface area contributed by atoms with Crippen molar-refractivity contribution < 1.29 is 19.4 Å². The number of aromatic nitrogens is 2. The predicted octanol–water partition coefficient (Wildman–Crippen LogP) is 1.96. The molecule has 2 aliphatic rings. The van der Waals surface area contributed by atoms with Gasteiger partial charge < -0.3 is 24.4 Å². The van der Waals surface area contributed by atoms with Crippen molar-refractivity contribution in [2.24, 2.45) is 0 Å². The molecule has 0 saturated carbocycles. The Balaban J connectivity index is 1.45. The van der Waals surface area contributed by atoms with E-state index in [4.69, 9.17) is 14.5 Å². The Hall–Kier alpha value is -2.87. The summed E-state index contributed by atoms with van der Waals surface area (Å²) in [5.41, 5.74) is 2.24. The van der Waals surface area contributed by atoms with Gasteiger partial charge in [0, 0.05) is 39.0 Å². The molecule has 1 amide bonds. The van der Waals surface area contributed by atoms with Gasteiger partial charge in [0.1, 0.15) is 17.7 Å². The Kier molecular flexibility index (Phi) is 5.27. The number of hydrogen-bond donors (Lipinski definition) is 1. The number of methoxy groups -OCH3 is 1. The molecule has 0 aliphatic carbocycles. The Morgan fingerprint density at radius 2 is 2.03 bits per heavy atom. The zero-order valence-electron chi connectivity index (χ0n) is 17.0. The molecule has 0 aromatic carbocycles. The number of anilines is 1. The van der Waals surface area contributed by atoms with Gasteiger partial charge in [-0.15, -0.1) is 0 Å². The molecular weight excluding hydrogens is 372 g/mol. The zero-order valence-corrected chi connectivity index (χ0v) is 17.0. The fraction of sp³-hybridized carbons (Fsp3) is 0.476. The molecule has 1 saturated heterocycles. The monoisotopic (exact) mass is 398 g/mol. The van der Waals surface area contributed by atoms with Gasteiger partial charge in [-0.1, -0.05) is 0 Å². The maximum absolute atomic E-state index is 12.4. The molecule has 1 atom stereocenters. The van der Waals surface area contributed by atoms with Crippen LogP contribution in [0.3, 0.4) is 0 Å². The molecule has 0 radical (unpaired) electrons. The number of carbonyl (C=O) groups excluding carboxylic acids is 1. The Bertz CT molecular complexity index is 894. The van der Waals surface area contributed by atoms with Gasteiger partial charge in [-0.3, -0.25) is 4.79 Å². The number of fused-ring (bicyclic) bond motifs is 1. The van der Waals surface area contributed by atoms with Gasteiger partial charge in [-0.25, -0.2) is 9.97 Å². The van der Waals surface area contributed by atoms with E-state index in [1.807, 2.05) is 19.1 Å². The summed E-state index contributed by atoms with van der Waals surface area (Å²) < 4.78 is 11.1. The van der Waals surface area contributed by atoms with E-state index >= 15 is 0 Å². The first-order valence-corrected chi connectivity index (χ1v) is 9.83. The zero-order chi connectivity index (χ0) is 20.5. The summed E-state index contributed by atoms with van der Waals surface area (Å²) in [6, 6.07) is 5.18. The largest absolute Gasteiger partial charge is 0.489 e. The third-order valence-corrected chi connectivity index (χ3v) is 5.69. The lowest BCUT2D eigenvalue weighted by Crippen LogP contribution is -2.39. The van der Waals surface area contributed by atoms with E-state index in [1.165, 1.54) is 0 Å². The fourth-order valence-corrected chi connectivity index (χ4v) is 4.02. The highest BCUT2D eigenvalue weighted by atomic mass is 16.5. The molecule has 4 heterocycles. The van der Waals surface area contributed by atoms with Gasteiger partial charge in [0.05, 0.1) is 37.2 Å². The van der Waals surface area contributed by atoms with E-state index in [0.717, 1.165) is 43.1 Å². The van der Waals surface area contributed by atoms with E-state index in [1.54, 1.807) is 31.3 Å². The maximum atomic E-state index is 12.4. The standard InChI is InChI=1S/C21H26N4O4/c1-13-10-16-19(17(12-26)24(2)21(16)27)23-20(13)25-8-6-14(7-9-25)29-15-4-5-18(28-3)22-11-15/h4-5,10-11,14,17,26H,6-9,12H2,1-3H3. The second-order valence-electron chi connectivity index (χ2n) is 7.52. The van der Waals surface area contributed by atoms with Crippen LogP contribution in [0.15, 0.2) is 24.4 Å². The van der Waals surface area contributed by atoms with Gasteiger partial charge in [0.2, 0.25) is 5.88 Å². The smallest absolute Gasteiger partial charge is 0.256 e. The molecule has 0 spiro atoms. The van der Waals surface area contributed by atoms with Crippen molar-refractivity contribution >= 4 is 11.7 Å². The molecule has 1 N–H and O–H groups in total. The van der Waals surface area contributed by atoms with Crippen molar-refractivity contribution in [3.05, 3.63) is 41.2 Å². The number of rotatable bonds is 5. The van der Waals surface area contributed by atoms with Gasteiger partial charge in [0.15, 0.2) is 0 Å². The van der Waals surface area contributed by atoms with Crippen molar-refractivity contribution in [2.75, 3.05) is 38.8 Å². The molecule has 1 fully saturated rings. The molecule has 2 aromatic heterocycles. The first-order chi connectivity index (χ1) is 14.0. The van der Waals surface area contributed by atoms with E-state index in [9.17, 15) is 9.90 Å². The third-order valence-electron chi connectivity index (χ3n) is 5.69. The highest BCUT2D eigenvalue weighted by Crippen LogP contribution is 2.34. The summed E-state index contributed by atoms with van der Waals surface area (Å²) in [6.45, 7) is 3.48. The van der Waals surface area contributed by atoms with Crippen molar-refractivity contribution in [3.63, 3.8) is 0 Å². The van der Waals surface area contributed by atoms with Gasteiger partial charge >= 0.3 is 0 Å². The fourth-order valence-electron chi connectivity index (χ4n) is 4.02. The summed E-state index contributed by atoms with van der Waals surface area (Å²) in [7, 11) is 3.29. The second kappa shape index (κ2) is 7.87. The average molecular weight is 398 g/mol. The predicted molar refractivity (Wildman–Crippen MR) is 108 cm³/mol. The number of aryl methyl sites for hydroxylation is 1. The van der Waals surface area contributed by atoms with E-state index in [-0.39, 0.29) is 24.7 Å². The van der Waals surface area contributed by atoms with Gasteiger partial charge in [-0.05, 0) is 24.6 Å². The number of nitrogens with zero attached hydrogens (tertiary/aromatic N) is 4. The van der Waals surface area contributed by atoms with Crippen LogP contribution in [0, 0.1) is 6.92 Å².